The maximum atomic E-state index is 12.4. The number of anilines is 2. The molecule has 0 spiro atoms. The second-order valence-electron chi connectivity index (χ2n) is 6.26. The van der Waals surface area contributed by atoms with Gasteiger partial charge in [0.25, 0.3) is 0 Å². The van der Waals surface area contributed by atoms with Gasteiger partial charge in [0.1, 0.15) is 5.82 Å². The fourth-order valence-electron chi connectivity index (χ4n) is 2.85. The third kappa shape index (κ3) is 4.75. The molecule has 134 valence electrons. The molecule has 6 nitrogen and oxygen atoms in total. The molecule has 0 bridgehead atoms. The van der Waals surface area contributed by atoms with E-state index in [9.17, 15) is 4.79 Å². The highest BCUT2D eigenvalue weighted by Crippen LogP contribution is 2.23. The standard InChI is InChI=1S/C18H25N5OS/c1-3-16-20-18(22-21-16)25-13(2)17(24)19-14-7-9-15(10-8-14)23-11-5-4-6-12-23/h7-10,13H,3-6,11-12H2,1-2H3,(H,19,24)(H,20,21,22). The topological polar surface area (TPSA) is 73.9 Å². The number of aromatic amines is 1. The van der Waals surface area contributed by atoms with Crippen molar-refractivity contribution in [1.82, 2.24) is 15.2 Å². The van der Waals surface area contributed by atoms with E-state index in [0.717, 1.165) is 31.0 Å². The number of benzene rings is 1. The predicted octanol–water partition coefficient (Wildman–Crippen LogP) is 3.48. The van der Waals surface area contributed by atoms with Crippen LogP contribution in [0.2, 0.25) is 0 Å². The molecule has 1 fully saturated rings. The quantitative estimate of drug-likeness (QED) is 0.773. The fraction of sp³-hybridized carbons (Fsp3) is 0.500. The minimum absolute atomic E-state index is 0.0430. The van der Waals surface area contributed by atoms with E-state index in [1.807, 2.05) is 26.0 Å². The first-order chi connectivity index (χ1) is 12.2. The van der Waals surface area contributed by atoms with Crippen molar-refractivity contribution in [1.29, 1.82) is 0 Å². The van der Waals surface area contributed by atoms with Crippen LogP contribution in [0.1, 0.15) is 38.9 Å². The van der Waals surface area contributed by atoms with Gasteiger partial charge in [-0.25, -0.2) is 4.98 Å². The van der Waals surface area contributed by atoms with Crippen LogP contribution in [0.3, 0.4) is 0 Å². The van der Waals surface area contributed by atoms with Crippen LogP contribution in [-0.4, -0.2) is 39.4 Å². The van der Waals surface area contributed by atoms with Crippen molar-refractivity contribution >= 4 is 29.0 Å². The Morgan fingerprint density at radius 1 is 1.28 bits per heavy atom. The summed E-state index contributed by atoms with van der Waals surface area (Å²) in [5, 5.41) is 10.3. The molecule has 25 heavy (non-hydrogen) atoms. The molecule has 1 unspecified atom stereocenters. The van der Waals surface area contributed by atoms with Crippen LogP contribution in [-0.2, 0) is 11.2 Å². The van der Waals surface area contributed by atoms with Gasteiger partial charge in [-0.2, -0.15) is 0 Å². The highest BCUT2D eigenvalue weighted by Gasteiger charge is 2.17. The Bertz CT molecular complexity index is 694. The summed E-state index contributed by atoms with van der Waals surface area (Å²) in [4.78, 5) is 19.1. The predicted molar refractivity (Wildman–Crippen MR) is 102 cm³/mol. The highest BCUT2D eigenvalue weighted by molar-refractivity contribution is 8.00. The van der Waals surface area contributed by atoms with Crippen molar-refractivity contribution in [2.24, 2.45) is 0 Å². The molecule has 3 rings (SSSR count). The summed E-state index contributed by atoms with van der Waals surface area (Å²) >= 11 is 1.36. The van der Waals surface area contributed by atoms with Gasteiger partial charge in [-0.1, -0.05) is 18.7 Å². The molecular weight excluding hydrogens is 334 g/mol. The molecule has 2 N–H and O–H groups in total. The summed E-state index contributed by atoms with van der Waals surface area (Å²) in [5.74, 6) is 0.794. The summed E-state index contributed by atoms with van der Waals surface area (Å²) < 4.78 is 0. The van der Waals surface area contributed by atoms with Crippen molar-refractivity contribution in [3.05, 3.63) is 30.1 Å². The molecule has 7 heteroatoms. The first-order valence-electron chi connectivity index (χ1n) is 8.89. The van der Waals surface area contributed by atoms with Crippen LogP contribution in [0.4, 0.5) is 11.4 Å². The summed E-state index contributed by atoms with van der Waals surface area (Å²) in [6, 6.07) is 8.12. The van der Waals surface area contributed by atoms with Crippen molar-refractivity contribution in [3.63, 3.8) is 0 Å². The van der Waals surface area contributed by atoms with Crippen LogP contribution < -0.4 is 10.2 Å². The van der Waals surface area contributed by atoms with Crippen molar-refractivity contribution in [2.75, 3.05) is 23.3 Å². The maximum absolute atomic E-state index is 12.4. The maximum Gasteiger partial charge on any atom is 0.237 e. The molecule has 1 aliphatic rings. The Kier molecular flexibility index (Phi) is 5.96. The normalized spacial score (nSPS) is 15.8. The van der Waals surface area contributed by atoms with Gasteiger partial charge in [0.2, 0.25) is 11.1 Å². The summed E-state index contributed by atoms with van der Waals surface area (Å²) in [7, 11) is 0. The van der Waals surface area contributed by atoms with E-state index in [2.05, 4.69) is 37.5 Å². The Labute approximate surface area is 152 Å². The molecule has 1 saturated heterocycles. The van der Waals surface area contributed by atoms with E-state index >= 15 is 0 Å². The lowest BCUT2D eigenvalue weighted by atomic mass is 10.1. The summed E-state index contributed by atoms with van der Waals surface area (Å²) in [6.07, 6.45) is 4.64. The van der Waals surface area contributed by atoms with Crippen LogP contribution in [0, 0.1) is 0 Å². The first kappa shape index (κ1) is 17.8. The molecule has 0 saturated carbocycles. The number of hydrogen-bond donors (Lipinski definition) is 2. The van der Waals surface area contributed by atoms with Gasteiger partial charge in [0.05, 0.1) is 5.25 Å². The smallest absolute Gasteiger partial charge is 0.237 e. The zero-order chi connectivity index (χ0) is 17.6. The SMILES string of the molecule is CCc1nc(SC(C)C(=O)Nc2ccc(N3CCCCC3)cc2)n[nH]1. The van der Waals surface area contributed by atoms with Gasteiger partial charge >= 0.3 is 0 Å². The minimum Gasteiger partial charge on any atom is -0.372 e. The second-order valence-corrected chi connectivity index (χ2v) is 7.57. The van der Waals surface area contributed by atoms with E-state index in [0.29, 0.717) is 5.16 Å². The number of nitrogens with one attached hydrogen (secondary N) is 2. The molecule has 1 aromatic heterocycles. The lowest BCUT2D eigenvalue weighted by Gasteiger charge is -2.28. The molecule has 0 radical (unpaired) electrons. The number of thioether (sulfide) groups is 1. The fourth-order valence-corrected chi connectivity index (χ4v) is 3.60. The number of hydrogen-bond acceptors (Lipinski definition) is 5. The zero-order valence-corrected chi connectivity index (χ0v) is 15.6. The van der Waals surface area contributed by atoms with Crippen molar-refractivity contribution < 1.29 is 4.79 Å². The lowest BCUT2D eigenvalue weighted by molar-refractivity contribution is -0.115. The molecule has 1 aliphatic heterocycles. The summed E-state index contributed by atoms with van der Waals surface area (Å²) in [6.45, 7) is 6.12. The largest absolute Gasteiger partial charge is 0.372 e. The van der Waals surface area contributed by atoms with Crippen LogP contribution in [0.5, 0.6) is 0 Å². The zero-order valence-electron chi connectivity index (χ0n) is 14.8. The monoisotopic (exact) mass is 359 g/mol. The second kappa shape index (κ2) is 8.38. The Morgan fingerprint density at radius 3 is 2.64 bits per heavy atom. The van der Waals surface area contributed by atoms with Gasteiger partial charge in [-0.15, -0.1) is 5.10 Å². The van der Waals surface area contributed by atoms with Crippen LogP contribution in [0.25, 0.3) is 0 Å². The minimum atomic E-state index is -0.262. The number of carbonyl (C=O) groups is 1. The number of rotatable bonds is 6. The molecule has 1 amide bonds. The highest BCUT2D eigenvalue weighted by atomic mass is 32.2. The van der Waals surface area contributed by atoms with Gasteiger partial charge < -0.3 is 10.2 Å². The number of amides is 1. The van der Waals surface area contributed by atoms with Gasteiger partial charge in [0.15, 0.2) is 0 Å². The number of nitrogens with zero attached hydrogens (tertiary/aromatic N) is 3. The number of H-pyrrole nitrogens is 1. The van der Waals surface area contributed by atoms with E-state index in [1.54, 1.807) is 0 Å². The first-order valence-corrected chi connectivity index (χ1v) is 9.77. The van der Waals surface area contributed by atoms with Crippen molar-refractivity contribution in [2.45, 2.75) is 49.9 Å². The van der Waals surface area contributed by atoms with Gasteiger partial charge in [0, 0.05) is 30.9 Å². The van der Waals surface area contributed by atoms with E-state index in [-0.39, 0.29) is 11.2 Å². The summed E-state index contributed by atoms with van der Waals surface area (Å²) in [5.41, 5.74) is 2.05. The molecule has 2 aromatic rings. The third-order valence-corrected chi connectivity index (χ3v) is 5.31. The average molecular weight is 359 g/mol. The van der Waals surface area contributed by atoms with Gasteiger partial charge in [-0.05, 0) is 50.5 Å². The molecule has 0 aliphatic carbocycles. The lowest BCUT2D eigenvalue weighted by Crippen LogP contribution is -2.29. The third-order valence-electron chi connectivity index (χ3n) is 4.35. The van der Waals surface area contributed by atoms with E-state index < -0.39 is 0 Å². The number of aromatic nitrogens is 3. The molecule has 1 atom stereocenters. The van der Waals surface area contributed by atoms with Gasteiger partial charge in [-0.3, -0.25) is 9.89 Å². The number of aryl methyl sites for hydroxylation is 1. The molecule has 1 aromatic carbocycles. The Morgan fingerprint density at radius 2 is 2.00 bits per heavy atom. The Balaban J connectivity index is 1.54. The average Bonchev–Trinajstić information content (AvgIpc) is 3.10. The number of piperidine rings is 1. The van der Waals surface area contributed by atoms with Crippen LogP contribution in [0.15, 0.2) is 29.4 Å². The van der Waals surface area contributed by atoms with E-state index in [4.69, 9.17) is 0 Å². The molecular formula is C18H25N5OS. The molecule has 2 heterocycles. The van der Waals surface area contributed by atoms with E-state index in [1.165, 1.54) is 36.7 Å². The van der Waals surface area contributed by atoms with Crippen LogP contribution >= 0.6 is 11.8 Å². The number of carbonyl (C=O) groups excluding carboxylic acids is 1. The Hall–Kier alpha value is -2.02. The van der Waals surface area contributed by atoms with Crippen molar-refractivity contribution in [3.8, 4) is 0 Å².